The standard InChI is InChI=1S/C12H13N3O2.C2H6/c1-9-2-4-10(5-3-9)15-7-6-13-11(15)8-14-12(16)17;1-2/h2-7,14H,8H2,1H3,(H,16,17);1-2H3. The summed E-state index contributed by atoms with van der Waals surface area (Å²) < 4.78 is 1.86. The van der Waals surface area contributed by atoms with Crippen LogP contribution in [0.4, 0.5) is 4.79 Å². The number of carboxylic acid groups (broad SMARTS) is 1. The van der Waals surface area contributed by atoms with Gasteiger partial charge in [0.2, 0.25) is 0 Å². The molecule has 5 heteroatoms. The molecule has 0 aliphatic heterocycles. The summed E-state index contributed by atoms with van der Waals surface area (Å²) in [5.41, 5.74) is 2.15. The lowest BCUT2D eigenvalue weighted by atomic mass is 10.2. The first-order chi connectivity index (χ1) is 9.16. The van der Waals surface area contributed by atoms with E-state index < -0.39 is 6.09 Å². The molecule has 0 aliphatic rings. The van der Waals surface area contributed by atoms with Gasteiger partial charge in [0.1, 0.15) is 5.82 Å². The Morgan fingerprint density at radius 3 is 2.53 bits per heavy atom. The van der Waals surface area contributed by atoms with Crippen LogP contribution in [-0.4, -0.2) is 20.8 Å². The zero-order valence-electron chi connectivity index (χ0n) is 11.4. The SMILES string of the molecule is CC.Cc1ccc(-n2ccnc2CNC(=O)O)cc1. The summed E-state index contributed by atoms with van der Waals surface area (Å²) in [6.45, 7) is 6.21. The Bertz CT molecular complexity index is 518. The summed E-state index contributed by atoms with van der Waals surface area (Å²) in [7, 11) is 0. The molecule has 2 aromatic rings. The zero-order valence-corrected chi connectivity index (χ0v) is 11.4. The smallest absolute Gasteiger partial charge is 0.405 e. The second-order valence-electron chi connectivity index (χ2n) is 3.71. The monoisotopic (exact) mass is 261 g/mol. The third-order valence-electron chi connectivity index (χ3n) is 2.43. The number of hydrogen-bond acceptors (Lipinski definition) is 2. The molecular weight excluding hydrogens is 242 g/mol. The fourth-order valence-corrected chi connectivity index (χ4v) is 1.56. The molecular formula is C14H19N3O2. The van der Waals surface area contributed by atoms with E-state index in [-0.39, 0.29) is 6.54 Å². The molecule has 102 valence electrons. The van der Waals surface area contributed by atoms with Gasteiger partial charge in [0, 0.05) is 18.1 Å². The lowest BCUT2D eigenvalue weighted by molar-refractivity contribution is 0.193. The number of amides is 1. The van der Waals surface area contributed by atoms with Gasteiger partial charge < -0.3 is 15.0 Å². The van der Waals surface area contributed by atoms with Crippen molar-refractivity contribution in [3.05, 3.63) is 48.0 Å². The molecule has 0 fully saturated rings. The van der Waals surface area contributed by atoms with Crippen molar-refractivity contribution in [3.8, 4) is 5.69 Å². The maximum atomic E-state index is 10.4. The van der Waals surface area contributed by atoms with Crippen LogP contribution >= 0.6 is 0 Å². The van der Waals surface area contributed by atoms with Gasteiger partial charge >= 0.3 is 6.09 Å². The van der Waals surface area contributed by atoms with Crippen molar-refractivity contribution < 1.29 is 9.90 Å². The third-order valence-corrected chi connectivity index (χ3v) is 2.43. The number of hydrogen-bond donors (Lipinski definition) is 2. The number of aryl methyl sites for hydroxylation is 1. The van der Waals surface area contributed by atoms with Crippen molar-refractivity contribution in [2.75, 3.05) is 0 Å². The van der Waals surface area contributed by atoms with Crippen LogP contribution in [0.25, 0.3) is 5.69 Å². The van der Waals surface area contributed by atoms with E-state index in [4.69, 9.17) is 5.11 Å². The van der Waals surface area contributed by atoms with Crippen molar-refractivity contribution in [2.24, 2.45) is 0 Å². The second-order valence-corrected chi connectivity index (χ2v) is 3.71. The van der Waals surface area contributed by atoms with Crippen molar-refractivity contribution in [3.63, 3.8) is 0 Å². The van der Waals surface area contributed by atoms with Gasteiger partial charge in [-0.1, -0.05) is 31.5 Å². The average Bonchev–Trinajstić information content (AvgIpc) is 2.88. The molecule has 0 saturated heterocycles. The van der Waals surface area contributed by atoms with Crippen molar-refractivity contribution in [2.45, 2.75) is 27.3 Å². The van der Waals surface area contributed by atoms with Gasteiger partial charge in [-0.25, -0.2) is 9.78 Å². The Labute approximate surface area is 112 Å². The van der Waals surface area contributed by atoms with Gasteiger partial charge in [0.25, 0.3) is 0 Å². The van der Waals surface area contributed by atoms with Gasteiger partial charge in [0.05, 0.1) is 6.54 Å². The van der Waals surface area contributed by atoms with Gasteiger partial charge in [0.15, 0.2) is 0 Å². The van der Waals surface area contributed by atoms with Crippen molar-refractivity contribution in [1.29, 1.82) is 0 Å². The maximum absolute atomic E-state index is 10.4. The van der Waals surface area contributed by atoms with Crippen LogP contribution in [0.15, 0.2) is 36.7 Å². The second kappa shape index (κ2) is 7.20. The highest BCUT2D eigenvalue weighted by Crippen LogP contribution is 2.11. The van der Waals surface area contributed by atoms with E-state index in [0.717, 1.165) is 5.69 Å². The quantitative estimate of drug-likeness (QED) is 0.892. The highest BCUT2D eigenvalue weighted by Gasteiger charge is 2.05. The van der Waals surface area contributed by atoms with E-state index in [1.165, 1.54) is 5.56 Å². The lowest BCUT2D eigenvalue weighted by Gasteiger charge is -2.07. The first-order valence-corrected chi connectivity index (χ1v) is 6.23. The largest absolute Gasteiger partial charge is 0.465 e. The molecule has 2 rings (SSSR count). The fraction of sp³-hybridized carbons (Fsp3) is 0.286. The average molecular weight is 261 g/mol. The summed E-state index contributed by atoms with van der Waals surface area (Å²) >= 11 is 0. The van der Waals surface area contributed by atoms with Crippen LogP contribution in [0.1, 0.15) is 25.2 Å². The van der Waals surface area contributed by atoms with E-state index in [0.29, 0.717) is 5.82 Å². The number of rotatable bonds is 3. The first-order valence-electron chi connectivity index (χ1n) is 6.23. The predicted molar refractivity (Wildman–Crippen MR) is 74.5 cm³/mol. The maximum Gasteiger partial charge on any atom is 0.405 e. The Morgan fingerprint density at radius 1 is 1.32 bits per heavy atom. The Hall–Kier alpha value is -2.30. The molecule has 0 aliphatic carbocycles. The van der Waals surface area contributed by atoms with Gasteiger partial charge in [-0.2, -0.15) is 0 Å². The number of nitrogens with one attached hydrogen (secondary N) is 1. The van der Waals surface area contributed by atoms with E-state index in [1.54, 1.807) is 6.20 Å². The minimum absolute atomic E-state index is 0.191. The minimum Gasteiger partial charge on any atom is -0.465 e. The Balaban J connectivity index is 0.000000861. The summed E-state index contributed by atoms with van der Waals surface area (Å²) in [4.78, 5) is 14.6. The summed E-state index contributed by atoms with van der Waals surface area (Å²) in [5.74, 6) is 0.663. The molecule has 0 spiro atoms. The summed E-state index contributed by atoms with van der Waals surface area (Å²) in [5, 5.41) is 10.9. The predicted octanol–water partition coefficient (Wildman–Crippen LogP) is 2.97. The highest BCUT2D eigenvalue weighted by molar-refractivity contribution is 5.64. The van der Waals surface area contributed by atoms with Crippen LogP contribution in [0.3, 0.4) is 0 Å². The van der Waals surface area contributed by atoms with Crippen LogP contribution in [0.5, 0.6) is 0 Å². The van der Waals surface area contributed by atoms with Gasteiger partial charge in [-0.3, -0.25) is 0 Å². The minimum atomic E-state index is -1.05. The molecule has 5 nitrogen and oxygen atoms in total. The van der Waals surface area contributed by atoms with Gasteiger partial charge in [-0.05, 0) is 19.1 Å². The van der Waals surface area contributed by atoms with Gasteiger partial charge in [-0.15, -0.1) is 0 Å². The third kappa shape index (κ3) is 4.13. The van der Waals surface area contributed by atoms with Crippen LogP contribution < -0.4 is 5.32 Å². The normalized spacial score (nSPS) is 9.42. The van der Waals surface area contributed by atoms with Crippen molar-refractivity contribution in [1.82, 2.24) is 14.9 Å². The number of aromatic nitrogens is 2. The molecule has 1 aromatic carbocycles. The Kier molecular flexibility index (Phi) is 5.60. The number of nitrogens with zero attached hydrogens (tertiary/aromatic N) is 2. The number of carbonyl (C=O) groups is 1. The highest BCUT2D eigenvalue weighted by atomic mass is 16.4. The Morgan fingerprint density at radius 2 is 1.95 bits per heavy atom. The molecule has 2 N–H and O–H groups in total. The molecule has 19 heavy (non-hydrogen) atoms. The first kappa shape index (κ1) is 14.8. The molecule has 1 aromatic heterocycles. The number of imidazole rings is 1. The molecule has 0 unspecified atom stereocenters. The topological polar surface area (TPSA) is 67.2 Å². The fourth-order valence-electron chi connectivity index (χ4n) is 1.56. The lowest BCUT2D eigenvalue weighted by Crippen LogP contribution is -2.22. The van der Waals surface area contributed by atoms with E-state index in [1.807, 2.05) is 55.8 Å². The van der Waals surface area contributed by atoms with E-state index in [9.17, 15) is 4.79 Å². The molecule has 0 saturated carbocycles. The van der Waals surface area contributed by atoms with Crippen molar-refractivity contribution >= 4 is 6.09 Å². The van der Waals surface area contributed by atoms with Crippen LogP contribution in [0.2, 0.25) is 0 Å². The zero-order chi connectivity index (χ0) is 14.3. The summed E-state index contributed by atoms with van der Waals surface area (Å²) in [6, 6.07) is 7.95. The molecule has 0 bridgehead atoms. The molecule has 0 radical (unpaired) electrons. The molecule has 1 heterocycles. The summed E-state index contributed by atoms with van der Waals surface area (Å²) in [6.07, 6.45) is 2.41. The van der Waals surface area contributed by atoms with Crippen LogP contribution in [-0.2, 0) is 6.54 Å². The van der Waals surface area contributed by atoms with E-state index >= 15 is 0 Å². The van der Waals surface area contributed by atoms with Crippen LogP contribution in [0, 0.1) is 6.92 Å². The van der Waals surface area contributed by atoms with E-state index in [2.05, 4.69) is 10.3 Å². The number of benzene rings is 1. The molecule has 0 atom stereocenters. The molecule has 1 amide bonds.